The largest absolute Gasteiger partial charge is 0.383 e. The summed E-state index contributed by atoms with van der Waals surface area (Å²) in [5.74, 6) is 0. The highest BCUT2D eigenvalue weighted by molar-refractivity contribution is 5.40. The number of hydrogen-bond donors (Lipinski definition) is 1. The van der Waals surface area contributed by atoms with Crippen molar-refractivity contribution in [3.05, 3.63) is 35.4 Å². The van der Waals surface area contributed by atoms with Gasteiger partial charge in [0.1, 0.15) is 0 Å². The molecule has 2 rings (SSSR count). The van der Waals surface area contributed by atoms with Crippen LogP contribution < -0.4 is 5.73 Å². The fraction of sp³-hybridized carbons (Fsp3) is 0.533. The van der Waals surface area contributed by atoms with Crippen LogP contribution in [0.25, 0.3) is 0 Å². The molecule has 1 fully saturated rings. The number of nitrogens with zero attached hydrogens (tertiary/aromatic N) is 2. The van der Waals surface area contributed by atoms with E-state index in [4.69, 9.17) is 10.5 Å². The molecule has 0 amide bonds. The van der Waals surface area contributed by atoms with Gasteiger partial charge in [0.25, 0.3) is 0 Å². The predicted molar refractivity (Wildman–Crippen MR) is 74.6 cm³/mol. The smallest absolute Gasteiger partial charge is 0.0995 e. The van der Waals surface area contributed by atoms with Gasteiger partial charge < -0.3 is 10.5 Å². The lowest BCUT2D eigenvalue weighted by molar-refractivity contribution is 0.0847. The van der Waals surface area contributed by atoms with E-state index in [0.29, 0.717) is 6.61 Å². The van der Waals surface area contributed by atoms with E-state index >= 15 is 0 Å². The molecule has 4 nitrogen and oxygen atoms in total. The van der Waals surface area contributed by atoms with Crippen LogP contribution in [-0.4, -0.2) is 37.7 Å². The Kier molecular flexibility index (Phi) is 4.92. The molecule has 2 N–H and O–H groups in total. The van der Waals surface area contributed by atoms with E-state index in [1.54, 1.807) is 7.11 Å². The highest BCUT2D eigenvalue weighted by Crippen LogP contribution is 2.31. The van der Waals surface area contributed by atoms with Gasteiger partial charge in [-0.15, -0.1) is 0 Å². The molecule has 0 saturated carbocycles. The van der Waals surface area contributed by atoms with E-state index in [1.165, 1.54) is 0 Å². The van der Waals surface area contributed by atoms with Crippen molar-refractivity contribution >= 4 is 0 Å². The number of nitriles is 1. The fourth-order valence-electron chi connectivity index (χ4n) is 2.84. The van der Waals surface area contributed by atoms with E-state index < -0.39 is 0 Å². The number of ether oxygens (including phenoxy) is 1. The molecule has 2 unspecified atom stereocenters. The van der Waals surface area contributed by atoms with Gasteiger partial charge in [0, 0.05) is 19.7 Å². The van der Waals surface area contributed by atoms with Crippen molar-refractivity contribution < 1.29 is 4.74 Å². The van der Waals surface area contributed by atoms with E-state index in [1.807, 2.05) is 24.3 Å². The van der Waals surface area contributed by atoms with Crippen molar-refractivity contribution in [2.75, 3.05) is 26.8 Å². The van der Waals surface area contributed by atoms with Gasteiger partial charge in [0.2, 0.25) is 0 Å². The SMILES string of the molecule is COCCN1CCCC(N)C1c1ccccc1C#N. The maximum Gasteiger partial charge on any atom is 0.0995 e. The quantitative estimate of drug-likeness (QED) is 0.893. The molecule has 0 aromatic heterocycles. The number of benzene rings is 1. The van der Waals surface area contributed by atoms with Crippen LogP contribution in [-0.2, 0) is 4.74 Å². The molecule has 0 aliphatic carbocycles. The maximum atomic E-state index is 9.26. The molecule has 1 aliphatic rings. The lowest BCUT2D eigenvalue weighted by Gasteiger charge is -2.40. The molecule has 1 aromatic rings. The zero-order valence-corrected chi connectivity index (χ0v) is 11.4. The second kappa shape index (κ2) is 6.67. The number of nitrogens with two attached hydrogens (primary N) is 1. The van der Waals surface area contributed by atoms with Gasteiger partial charge in [-0.1, -0.05) is 18.2 Å². The van der Waals surface area contributed by atoms with Crippen LogP contribution in [0.1, 0.15) is 30.0 Å². The molecule has 2 atom stereocenters. The Labute approximate surface area is 114 Å². The Bertz CT molecular complexity index is 455. The van der Waals surface area contributed by atoms with Crippen molar-refractivity contribution in [3.63, 3.8) is 0 Å². The summed E-state index contributed by atoms with van der Waals surface area (Å²) in [5.41, 5.74) is 8.08. The van der Waals surface area contributed by atoms with Gasteiger partial charge in [-0.25, -0.2) is 0 Å². The Balaban J connectivity index is 2.28. The first-order valence-electron chi connectivity index (χ1n) is 6.75. The molecular weight excluding hydrogens is 238 g/mol. The summed E-state index contributed by atoms with van der Waals surface area (Å²) >= 11 is 0. The third-order valence-electron chi connectivity index (χ3n) is 3.76. The van der Waals surface area contributed by atoms with E-state index in [2.05, 4.69) is 11.0 Å². The van der Waals surface area contributed by atoms with Crippen molar-refractivity contribution in [1.29, 1.82) is 5.26 Å². The maximum absolute atomic E-state index is 9.26. The van der Waals surface area contributed by atoms with Crippen molar-refractivity contribution in [1.82, 2.24) is 4.90 Å². The summed E-state index contributed by atoms with van der Waals surface area (Å²) in [6.07, 6.45) is 2.12. The summed E-state index contributed by atoms with van der Waals surface area (Å²) in [4.78, 5) is 2.34. The van der Waals surface area contributed by atoms with Crippen LogP contribution in [0.3, 0.4) is 0 Å². The summed E-state index contributed by atoms with van der Waals surface area (Å²) < 4.78 is 5.17. The van der Waals surface area contributed by atoms with Crippen molar-refractivity contribution in [2.24, 2.45) is 5.73 Å². The van der Waals surface area contributed by atoms with Crippen molar-refractivity contribution in [3.8, 4) is 6.07 Å². The van der Waals surface area contributed by atoms with Crippen molar-refractivity contribution in [2.45, 2.75) is 24.9 Å². The first-order valence-corrected chi connectivity index (χ1v) is 6.75. The zero-order chi connectivity index (χ0) is 13.7. The van der Waals surface area contributed by atoms with E-state index in [0.717, 1.165) is 37.1 Å². The van der Waals surface area contributed by atoms with E-state index in [9.17, 15) is 5.26 Å². The predicted octanol–water partition coefficient (Wildman–Crippen LogP) is 1.67. The fourth-order valence-corrected chi connectivity index (χ4v) is 2.84. The van der Waals surface area contributed by atoms with Crippen LogP contribution >= 0.6 is 0 Å². The molecule has 0 spiro atoms. The molecule has 102 valence electrons. The Morgan fingerprint density at radius 2 is 2.26 bits per heavy atom. The highest BCUT2D eigenvalue weighted by atomic mass is 16.5. The number of hydrogen-bond acceptors (Lipinski definition) is 4. The average molecular weight is 259 g/mol. The van der Waals surface area contributed by atoms with Crippen LogP contribution in [0.5, 0.6) is 0 Å². The molecular formula is C15H21N3O. The lowest BCUT2D eigenvalue weighted by atomic mass is 9.88. The van der Waals surface area contributed by atoms with Gasteiger partial charge in [-0.2, -0.15) is 5.26 Å². The summed E-state index contributed by atoms with van der Waals surface area (Å²) in [5, 5.41) is 9.26. The monoisotopic (exact) mass is 259 g/mol. The van der Waals surface area contributed by atoms with Gasteiger partial charge >= 0.3 is 0 Å². The first-order chi connectivity index (χ1) is 9.27. The standard InChI is InChI=1S/C15H21N3O/c1-19-10-9-18-8-4-7-14(17)15(18)13-6-3-2-5-12(13)11-16/h2-3,5-6,14-15H,4,7-10,17H2,1H3. The zero-order valence-electron chi connectivity index (χ0n) is 11.4. The summed E-state index contributed by atoms with van der Waals surface area (Å²) in [6, 6.07) is 10.2. The van der Waals surface area contributed by atoms with Gasteiger partial charge in [-0.05, 0) is 31.0 Å². The third kappa shape index (κ3) is 3.13. The molecule has 4 heteroatoms. The van der Waals surface area contributed by atoms with Gasteiger partial charge in [0.15, 0.2) is 0 Å². The number of rotatable bonds is 4. The highest BCUT2D eigenvalue weighted by Gasteiger charge is 2.31. The second-order valence-corrected chi connectivity index (χ2v) is 4.98. The molecule has 19 heavy (non-hydrogen) atoms. The topological polar surface area (TPSA) is 62.3 Å². The molecule has 1 heterocycles. The van der Waals surface area contributed by atoms with E-state index in [-0.39, 0.29) is 12.1 Å². The normalized spacial score (nSPS) is 24.1. The number of piperidine rings is 1. The summed E-state index contributed by atoms with van der Waals surface area (Å²) in [7, 11) is 1.71. The minimum atomic E-state index is 0.0834. The Morgan fingerprint density at radius 1 is 1.47 bits per heavy atom. The molecule has 0 radical (unpaired) electrons. The van der Waals surface area contributed by atoms with Crippen LogP contribution in [0, 0.1) is 11.3 Å². The van der Waals surface area contributed by atoms with Gasteiger partial charge in [0.05, 0.1) is 24.3 Å². The second-order valence-electron chi connectivity index (χ2n) is 4.98. The summed E-state index contributed by atoms with van der Waals surface area (Å²) in [6.45, 7) is 2.56. The van der Waals surface area contributed by atoms with Crippen LogP contribution in [0.15, 0.2) is 24.3 Å². The first kappa shape index (κ1) is 14.0. The molecule has 0 bridgehead atoms. The average Bonchev–Trinajstić information content (AvgIpc) is 2.45. The number of likely N-dealkylation sites (tertiary alicyclic amines) is 1. The lowest BCUT2D eigenvalue weighted by Crippen LogP contribution is -2.47. The molecule has 1 saturated heterocycles. The minimum absolute atomic E-state index is 0.0834. The van der Waals surface area contributed by atoms with Gasteiger partial charge in [-0.3, -0.25) is 4.90 Å². The Morgan fingerprint density at radius 3 is 3.00 bits per heavy atom. The number of methoxy groups -OCH3 is 1. The van der Waals surface area contributed by atoms with Crippen LogP contribution in [0.4, 0.5) is 0 Å². The minimum Gasteiger partial charge on any atom is -0.383 e. The molecule has 1 aromatic carbocycles. The molecule has 1 aliphatic heterocycles. The Hall–Kier alpha value is -1.41. The third-order valence-corrected chi connectivity index (χ3v) is 3.76. The van der Waals surface area contributed by atoms with Crippen LogP contribution in [0.2, 0.25) is 0 Å².